The number of aryl methyl sites for hydroxylation is 1. The zero-order chi connectivity index (χ0) is 25.2. The molecule has 2 aliphatic carbocycles. The minimum absolute atomic E-state index is 0.0525. The van der Waals surface area contributed by atoms with Gasteiger partial charge in [-0.05, 0) is 30.7 Å². The lowest BCUT2D eigenvalue weighted by molar-refractivity contribution is -0.169. The Morgan fingerprint density at radius 1 is 1.11 bits per heavy atom. The summed E-state index contributed by atoms with van der Waals surface area (Å²) in [5.74, 6) is -3.42. The van der Waals surface area contributed by atoms with E-state index in [1.165, 1.54) is 37.5 Å². The first kappa shape index (κ1) is 23.1. The summed E-state index contributed by atoms with van der Waals surface area (Å²) in [7, 11) is -3.60. The number of sulfone groups is 1. The average Bonchev–Trinajstić information content (AvgIpc) is 3.56. The van der Waals surface area contributed by atoms with Crippen LogP contribution in [0.25, 0.3) is 0 Å². The molecule has 2 atom stereocenters. The monoisotopic (exact) mass is 495 g/mol. The molecule has 10 heteroatoms. The van der Waals surface area contributed by atoms with Crippen LogP contribution in [-0.4, -0.2) is 36.5 Å². The number of aliphatic hydroxyl groups is 1. The van der Waals surface area contributed by atoms with E-state index in [0.29, 0.717) is 5.56 Å². The molecule has 2 aromatic carbocycles. The van der Waals surface area contributed by atoms with Gasteiger partial charge < -0.3 is 25.9 Å². The number of para-hydroxylation sites is 1. The summed E-state index contributed by atoms with van der Waals surface area (Å²) in [6.07, 6.45) is 5.51. The van der Waals surface area contributed by atoms with E-state index in [-0.39, 0.29) is 38.8 Å². The molecule has 0 radical (unpaired) electrons. The Kier molecular flexibility index (Phi) is 5.08. The Morgan fingerprint density at radius 2 is 1.77 bits per heavy atom. The molecule has 3 aliphatic rings. The van der Waals surface area contributed by atoms with E-state index >= 15 is 0 Å². The molecule has 6 rings (SSSR count). The molecule has 0 bridgehead atoms. The number of ether oxygens (including phenoxy) is 1. The number of rotatable bonds is 3. The number of carbonyl (C=O) groups is 2. The number of nitrogens with one attached hydrogen (secondary N) is 2. The van der Waals surface area contributed by atoms with Gasteiger partial charge in [-0.2, -0.15) is 0 Å². The fourth-order valence-electron chi connectivity index (χ4n) is 4.51. The molecule has 9 nitrogen and oxygen atoms in total. The highest BCUT2D eigenvalue weighted by molar-refractivity contribution is 7.90. The number of ketones is 1. The van der Waals surface area contributed by atoms with Gasteiger partial charge in [0.25, 0.3) is 11.7 Å². The van der Waals surface area contributed by atoms with E-state index in [4.69, 9.17) is 10.5 Å². The summed E-state index contributed by atoms with van der Waals surface area (Å²) in [4.78, 5) is 29.7. The van der Waals surface area contributed by atoms with Gasteiger partial charge >= 0.3 is 0 Å². The number of nitrogen functional groups attached to an aromatic ring is 1. The van der Waals surface area contributed by atoms with E-state index < -0.39 is 32.9 Å². The maximum absolute atomic E-state index is 13.8. The van der Waals surface area contributed by atoms with Crippen molar-refractivity contribution in [3.8, 4) is 5.75 Å². The van der Waals surface area contributed by atoms with Crippen molar-refractivity contribution in [2.24, 2.45) is 0 Å². The van der Waals surface area contributed by atoms with Crippen LogP contribution in [0.1, 0.15) is 56.8 Å². The molecule has 3 aromatic rings. The Bertz CT molecular complexity index is 1490. The maximum atomic E-state index is 13.8. The molecule has 0 spiro atoms. The third-order valence-corrected chi connectivity index (χ3v) is 7.38. The molecule has 2 unspecified atom stereocenters. The van der Waals surface area contributed by atoms with Crippen LogP contribution in [0.15, 0.2) is 53.6 Å². The number of nitrogens with two attached hydrogens (primary N) is 1. The van der Waals surface area contributed by atoms with Gasteiger partial charge in [0.05, 0.1) is 5.56 Å². The first-order chi connectivity index (χ1) is 16.5. The fourth-order valence-corrected chi connectivity index (χ4v) is 5.19. The number of carbonyl (C=O) groups excluding carboxylic acids is 2. The van der Waals surface area contributed by atoms with Crippen molar-refractivity contribution in [2.45, 2.75) is 42.5 Å². The minimum Gasteiger partial charge on any atom is -0.454 e. The van der Waals surface area contributed by atoms with Crippen molar-refractivity contribution >= 4 is 27.2 Å². The van der Waals surface area contributed by atoms with Gasteiger partial charge in [0.15, 0.2) is 9.84 Å². The molecule has 0 saturated heterocycles. The molecule has 1 saturated carbocycles. The second kappa shape index (κ2) is 7.69. The van der Waals surface area contributed by atoms with Crippen LogP contribution in [0.2, 0.25) is 0 Å². The van der Waals surface area contributed by atoms with Crippen molar-refractivity contribution < 1.29 is 27.9 Å². The summed E-state index contributed by atoms with van der Waals surface area (Å²) in [6, 6.07) is 12.5. The molecule has 182 valence electrons. The molecular formula is C25H25N3O6S. The maximum Gasteiger partial charge on any atom is 0.271 e. The lowest BCUT2D eigenvalue weighted by Gasteiger charge is -2.34. The molecule has 2 heterocycles. The number of amides is 1. The molecular weight excluding hydrogens is 470 g/mol. The predicted molar refractivity (Wildman–Crippen MR) is 128 cm³/mol. The number of Topliss-reactive ketones (excluding diaryl/α,β-unsaturated/α-hetero) is 1. The average molecular weight is 496 g/mol. The van der Waals surface area contributed by atoms with E-state index in [1.54, 1.807) is 37.3 Å². The molecule has 35 heavy (non-hydrogen) atoms. The number of aromatic nitrogens is 1. The highest BCUT2D eigenvalue weighted by atomic mass is 32.2. The number of fused-ring (bicyclic) bond motifs is 5. The number of H-pyrrole nitrogens is 1. The number of hydrogen-bond acceptors (Lipinski definition) is 7. The SMILES string of the molecule is C1CC1.Cc1cc(S(C)(=O)=O)[nH]c1C(=O)NC12C(=O)c3c(N)cccc3C1(O)Oc1ccccc12. The largest absolute Gasteiger partial charge is 0.454 e. The van der Waals surface area contributed by atoms with E-state index in [0.717, 1.165) is 6.26 Å². The first-order valence-corrected chi connectivity index (χ1v) is 13.1. The van der Waals surface area contributed by atoms with Crippen molar-refractivity contribution in [3.05, 3.63) is 76.5 Å². The quantitative estimate of drug-likeness (QED) is 0.408. The normalized spacial score (nSPS) is 23.3. The topological polar surface area (TPSA) is 152 Å². The predicted octanol–water partition coefficient (Wildman–Crippen LogP) is 2.54. The van der Waals surface area contributed by atoms with E-state index in [1.807, 2.05) is 0 Å². The Hall–Kier alpha value is -3.63. The van der Waals surface area contributed by atoms with E-state index in [9.17, 15) is 23.1 Å². The third kappa shape index (κ3) is 3.35. The Balaban J connectivity index is 0.000000786. The number of aromatic amines is 1. The van der Waals surface area contributed by atoms with Crippen LogP contribution in [0.4, 0.5) is 5.69 Å². The van der Waals surface area contributed by atoms with Crippen LogP contribution >= 0.6 is 0 Å². The first-order valence-electron chi connectivity index (χ1n) is 11.2. The third-order valence-electron chi connectivity index (χ3n) is 6.36. The lowest BCUT2D eigenvalue weighted by Crippen LogP contribution is -2.60. The van der Waals surface area contributed by atoms with Crippen molar-refractivity contribution in [2.75, 3.05) is 12.0 Å². The molecule has 1 aromatic heterocycles. The van der Waals surface area contributed by atoms with Gasteiger partial charge in [0, 0.05) is 23.1 Å². The van der Waals surface area contributed by atoms with Crippen LogP contribution in [0, 0.1) is 6.92 Å². The Morgan fingerprint density at radius 3 is 2.40 bits per heavy atom. The minimum atomic E-state index is -3.60. The summed E-state index contributed by atoms with van der Waals surface area (Å²) in [5.41, 5.74) is 4.95. The van der Waals surface area contributed by atoms with Gasteiger partial charge in [-0.3, -0.25) is 9.59 Å². The van der Waals surface area contributed by atoms with Gasteiger partial charge in [0.2, 0.25) is 11.3 Å². The summed E-state index contributed by atoms with van der Waals surface area (Å²) in [6.45, 7) is 1.56. The summed E-state index contributed by atoms with van der Waals surface area (Å²) in [5, 5.41) is 14.2. The molecule has 1 amide bonds. The summed E-state index contributed by atoms with van der Waals surface area (Å²) >= 11 is 0. The Labute approximate surface area is 202 Å². The van der Waals surface area contributed by atoms with Gasteiger partial charge in [-0.1, -0.05) is 49.6 Å². The van der Waals surface area contributed by atoms with Gasteiger partial charge in [-0.25, -0.2) is 8.42 Å². The molecule has 1 fully saturated rings. The van der Waals surface area contributed by atoms with E-state index in [2.05, 4.69) is 10.3 Å². The van der Waals surface area contributed by atoms with Crippen LogP contribution in [-0.2, 0) is 21.2 Å². The van der Waals surface area contributed by atoms with Crippen molar-refractivity contribution in [1.82, 2.24) is 10.3 Å². The van der Waals surface area contributed by atoms with Crippen molar-refractivity contribution in [3.63, 3.8) is 0 Å². The van der Waals surface area contributed by atoms with Crippen LogP contribution in [0.5, 0.6) is 5.75 Å². The second-order valence-electron chi connectivity index (χ2n) is 9.07. The number of anilines is 1. The summed E-state index contributed by atoms with van der Waals surface area (Å²) < 4.78 is 29.7. The zero-order valence-electron chi connectivity index (χ0n) is 19.2. The van der Waals surface area contributed by atoms with Gasteiger partial charge in [-0.15, -0.1) is 0 Å². The van der Waals surface area contributed by atoms with Crippen LogP contribution in [0.3, 0.4) is 0 Å². The smallest absolute Gasteiger partial charge is 0.271 e. The van der Waals surface area contributed by atoms with Crippen LogP contribution < -0.4 is 15.8 Å². The number of benzene rings is 2. The second-order valence-corrected chi connectivity index (χ2v) is 11.1. The lowest BCUT2D eigenvalue weighted by atomic mass is 9.82. The fraction of sp³-hybridized carbons (Fsp3) is 0.280. The van der Waals surface area contributed by atoms with Gasteiger partial charge in [0.1, 0.15) is 16.5 Å². The highest BCUT2D eigenvalue weighted by Crippen LogP contribution is 2.58. The molecule has 5 N–H and O–H groups in total. The standard InChI is InChI=1S/C22H19N3O6S.C3H6/c1-11-10-16(32(2,29)30)24-18(11)20(27)25-21-12-6-3-4-9-15(12)31-22(21,28)13-7-5-8-14(23)17(13)19(21)26;1-2-3-1/h3-10,24,28H,23H2,1-2H3,(H,25,27);1-3H2. The highest BCUT2D eigenvalue weighted by Gasteiger charge is 2.72. The molecule has 1 aliphatic heterocycles. The van der Waals surface area contributed by atoms with Crippen molar-refractivity contribution in [1.29, 1.82) is 0 Å². The zero-order valence-corrected chi connectivity index (χ0v) is 20.0. The number of hydrogen-bond donors (Lipinski definition) is 4.